The Kier molecular flexibility index (Phi) is 418. The molecule has 0 saturated heterocycles. The molecule has 0 aromatic heterocycles. The number of carbonyl (C=O) groups is 2. The molecule has 0 radical (unpaired) electrons. The molecule has 0 aliphatic rings. The van der Waals surface area contributed by atoms with E-state index in [1.54, 1.807) is 0 Å². The van der Waals surface area contributed by atoms with Crippen molar-refractivity contribution in [2.75, 3.05) is 0 Å². The molecule has 0 heterocycles. The predicted octanol–water partition coefficient (Wildman–Crippen LogP) is -6.36. The monoisotopic (exact) mass is 212 g/mol. The second-order valence-corrected chi connectivity index (χ2v) is 0.144. The Balaban J connectivity index is -0.00000000536. The maximum atomic E-state index is 8.57. The zero-order valence-electron chi connectivity index (χ0n) is 6.25. The standard InChI is InChI=1S/C2H2O.2CH2O.2K.S/c1-2-3;2*1-2;;;/h1H2;2*1H2;;;/q;;;2*+1;-2. The smallest absolute Gasteiger partial charge is 1.00 e. The van der Waals surface area contributed by atoms with Crippen molar-refractivity contribution in [3.05, 3.63) is 6.58 Å². The topological polar surface area (TPSA) is 51.2 Å². The first-order chi connectivity index (χ1) is 3.41. The second-order valence-electron chi connectivity index (χ2n) is 0.144. The molecule has 0 spiro atoms. The minimum absolute atomic E-state index is 0. The first-order valence-electron chi connectivity index (χ1n) is 1.14. The van der Waals surface area contributed by atoms with E-state index in [-0.39, 0.29) is 116 Å². The van der Waals surface area contributed by atoms with Crippen LogP contribution in [0.15, 0.2) is 6.58 Å². The fraction of sp³-hybridized carbons (Fsp3) is 0. The summed E-state index contributed by atoms with van der Waals surface area (Å²) in [4.78, 5) is 24.6. The Morgan fingerprint density at radius 1 is 0.900 bits per heavy atom. The Morgan fingerprint density at radius 2 is 0.900 bits per heavy atom. The number of hydrogen-bond acceptors (Lipinski definition) is 3. The van der Waals surface area contributed by atoms with Crippen molar-refractivity contribution in [3.8, 4) is 0 Å². The summed E-state index contributed by atoms with van der Waals surface area (Å²) < 4.78 is 0. The van der Waals surface area contributed by atoms with Crippen LogP contribution < -0.4 is 103 Å². The Labute approximate surface area is 153 Å². The molecule has 0 aromatic carbocycles. The van der Waals surface area contributed by atoms with E-state index in [9.17, 15) is 0 Å². The SMILES string of the molecule is C=C=O.C=O.C=O.[K+].[K+].[S-2]. The van der Waals surface area contributed by atoms with E-state index in [1.165, 1.54) is 5.94 Å². The van der Waals surface area contributed by atoms with Crippen molar-refractivity contribution in [2.24, 2.45) is 0 Å². The van der Waals surface area contributed by atoms with E-state index in [1.807, 2.05) is 13.6 Å². The van der Waals surface area contributed by atoms with Crippen molar-refractivity contribution in [2.45, 2.75) is 0 Å². The molecule has 0 rings (SSSR count). The third-order valence-electron chi connectivity index (χ3n) is 0. The minimum atomic E-state index is 0. The molecule has 3 nitrogen and oxygen atoms in total. The van der Waals surface area contributed by atoms with Gasteiger partial charge in [-0.05, 0) is 6.58 Å². The second kappa shape index (κ2) is 106. The van der Waals surface area contributed by atoms with Crippen molar-refractivity contribution in [3.63, 3.8) is 0 Å². The van der Waals surface area contributed by atoms with Crippen LogP contribution in [0.25, 0.3) is 0 Å². The van der Waals surface area contributed by atoms with Crippen LogP contribution in [0.2, 0.25) is 0 Å². The molecule has 0 atom stereocenters. The van der Waals surface area contributed by atoms with Crippen LogP contribution in [0.5, 0.6) is 0 Å². The molecule has 0 N–H and O–H groups in total. The molecular formula is C4H6K2O3S. The van der Waals surface area contributed by atoms with Gasteiger partial charge in [-0.1, -0.05) is 0 Å². The molecule has 0 amide bonds. The van der Waals surface area contributed by atoms with Crippen LogP contribution in [0.1, 0.15) is 0 Å². The molecule has 0 aliphatic carbocycles. The van der Waals surface area contributed by atoms with Gasteiger partial charge >= 0.3 is 103 Å². The average Bonchev–Trinajstić information content (AvgIpc) is 1.78. The van der Waals surface area contributed by atoms with Crippen LogP contribution in [0.3, 0.4) is 0 Å². The van der Waals surface area contributed by atoms with Crippen LogP contribution in [-0.2, 0) is 27.9 Å². The van der Waals surface area contributed by atoms with Gasteiger partial charge in [0, 0.05) is 0 Å². The van der Waals surface area contributed by atoms with Gasteiger partial charge in [-0.25, -0.2) is 4.79 Å². The van der Waals surface area contributed by atoms with E-state index in [2.05, 4.69) is 6.58 Å². The van der Waals surface area contributed by atoms with Gasteiger partial charge in [0.1, 0.15) is 19.5 Å². The van der Waals surface area contributed by atoms with Crippen molar-refractivity contribution >= 4 is 33.0 Å². The summed E-state index contributed by atoms with van der Waals surface area (Å²) in [6.45, 7) is 6.68. The Hall–Kier alpha value is 2.41. The van der Waals surface area contributed by atoms with E-state index in [4.69, 9.17) is 14.4 Å². The molecule has 0 aliphatic heterocycles. The third kappa shape index (κ3) is 158. The third-order valence-corrected chi connectivity index (χ3v) is 0. The minimum Gasteiger partial charge on any atom is -2.00 e. The van der Waals surface area contributed by atoms with Gasteiger partial charge in [0.05, 0.1) is 0 Å². The summed E-state index contributed by atoms with van der Waals surface area (Å²) >= 11 is 0. The van der Waals surface area contributed by atoms with Crippen molar-refractivity contribution in [1.82, 2.24) is 0 Å². The van der Waals surface area contributed by atoms with Crippen molar-refractivity contribution in [1.29, 1.82) is 0 Å². The Morgan fingerprint density at radius 3 is 0.900 bits per heavy atom. The molecular weight excluding hydrogens is 206 g/mol. The first-order valence-corrected chi connectivity index (χ1v) is 1.14. The van der Waals surface area contributed by atoms with Crippen LogP contribution in [0.4, 0.5) is 0 Å². The van der Waals surface area contributed by atoms with Crippen LogP contribution >= 0.6 is 0 Å². The van der Waals surface area contributed by atoms with Crippen molar-refractivity contribution < 1.29 is 117 Å². The summed E-state index contributed by atoms with van der Waals surface area (Å²) in [7, 11) is 0. The van der Waals surface area contributed by atoms with E-state index in [0.717, 1.165) is 0 Å². The normalized spacial score (nSPS) is 1.60. The predicted molar refractivity (Wildman–Crippen MR) is 32.9 cm³/mol. The average molecular weight is 212 g/mol. The number of rotatable bonds is 0. The van der Waals surface area contributed by atoms with Gasteiger partial charge in [0.25, 0.3) is 0 Å². The summed E-state index contributed by atoms with van der Waals surface area (Å²) in [6.07, 6.45) is 0. The Bertz CT molecular complexity index is 54.5. The van der Waals surface area contributed by atoms with Crippen LogP contribution in [0, 0.1) is 0 Å². The number of hydrogen-bond donors (Lipinski definition) is 0. The quantitative estimate of drug-likeness (QED) is 0.296. The van der Waals surface area contributed by atoms with Gasteiger partial charge in [0.2, 0.25) is 0 Å². The van der Waals surface area contributed by atoms with Gasteiger partial charge in [-0.3, -0.25) is 0 Å². The fourth-order valence-corrected chi connectivity index (χ4v) is 0. The van der Waals surface area contributed by atoms with Crippen LogP contribution in [-0.4, -0.2) is 19.5 Å². The van der Waals surface area contributed by atoms with Gasteiger partial charge in [-0.15, -0.1) is 0 Å². The molecule has 0 bridgehead atoms. The maximum absolute atomic E-state index is 8.57. The van der Waals surface area contributed by atoms with E-state index >= 15 is 0 Å². The molecule has 0 unspecified atom stereocenters. The molecule has 48 valence electrons. The summed E-state index contributed by atoms with van der Waals surface area (Å²) in [5.41, 5.74) is 0. The van der Waals surface area contributed by atoms with Gasteiger partial charge < -0.3 is 23.1 Å². The molecule has 0 saturated carbocycles. The summed E-state index contributed by atoms with van der Waals surface area (Å²) in [6, 6.07) is 0. The largest absolute Gasteiger partial charge is 2.00 e. The van der Waals surface area contributed by atoms with E-state index < -0.39 is 0 Å². The zero-order valence-corrected chi connectivity index (χ0v) is 13.3. The molecule has 0 fully saturated rings. The molecule has 10 heavy (non-hydrogen) atoms. The molecule has 6 heteroatoms. The zero-order chi connectivity index (χ0) is 6.71. The first kappa shape index (κ1) is 39.3. The summed E-state index contributed by atoms with van der Waals surface area (Å²) in [5, 5.41) is 0. The van der Waals surface area contributed by atoms with E-state index in [0.29, 0.717) is 0 Å². The molecule has 0 aromatic rings. The fourth-order valence-electron chi connectivity index (χ4n) is 0. The summed E-state index contributed by atoms with van der Waals surface area (Å²) in [5.74, 6) is 1.25. The maximum Gasteiger partial charge on any atom is 1.00 e. The van der Waals surface area contributed by atoms with Gasteiger partial charge in [0.15, 0.2) is 0 Å². The number of carbonyl (C=O) groups excluding carboxylic acids is 3. The van der Waals surface area contributed by atoms with Gasteiger partial charge in [-0.2, -0.15) is 0 Å².